The van der Waals surface area contributed by atoms with E-state index in [0.29, 0.717) is 16.4 Å². The number of rotatable bonds is 5. The fourth-order valence-electron chi connectivity index (χ4n) is 2.14. The van der Waals surface area contributed by atoms with Crippen molar-refractivity contribution in [2.45, 2.75) is 27.4 Å². The van der Waals surface area contributed by atoms with Crippen molar-refractivity contribution in [1.82, 2.24) is 10.1 Å². The number of nitrogens with zero attached hydrogens (tertiary/aromatic N) is 2. The first kappa shape index (κ1) is 17.3. The van der Waals surface area contributed by atoms with E-state index in [1.807, 2.05) is 31.4 Å². The lowest BCUT2D eigenvalue weighted by atomic mass is 10.1. The molecule has 25 heavy (non-hydrogen) atoms. The standard InChI is InChI=1S/C16H15N3O4S2/c1-8-9(2)25-15(17-10(3)20)13(8)16(21)22-7-12-18-14(19-23-12)11-5-4-6-24-11/h4-6H,7H2,1-3H3,(H,17,20). The van der Waals surface area contributed by atoms with Crippen molar-refractivity contribution in [2.75, 3.05) is 5.32 Å². The van der Waals surface area contributed by atoms with Crippen LogP contribution in [0.4, 0.5) is 5.00 Å². The molecule has 9 heteroatoms. The second kappa shape index (κ2) is 7.16. The maximum absolute atomic E-state index is 12.4. The third-order valence-corrected chi connectivity index (χ3v) is 5.40. The minimum atomic E-state index is -0.540. The number of anilines is 1. The number of ether oxygens (including phenoxy) is 1. The van der Waals surface area contributed by atoms with Gasteiger partial charge in [0.25, 0.3) is 5.89 Å². The summed E-state index contributed by atoms with van der Waals surface area (Å²) >= 11 is 2.83. The molecule has 0 aliphatic carbocycles. The van der Waals surface area contributed by atoms with E-state index in [4.69, 9.17) is 9.26 Å². The van der Waals surface area contributed by atoms with E-state index < -0.39 is 5.97 Å². The molecule has 0 bridgehead atoms. The van der Waals surface area contributed by atoms with Crippen LogP contribution in [0.1, 0.15) is 33.6 Å². The van der Waals surface area contributed by atoms with Crippen molar-refractivity contribution in [2.24, 2.45) is 0 Å². The highest BCUT2D eigenvalue weighted by Gasteiger charge is 2.22. The van der Waals surface area contributed by atoms with Crippen LogP contribution in [0.5, 0.6) is 0 Å². The summed E-state index contributed by atoms with van der Waals surface area (Å²) in [6.07, 6.45) is 0. The largest absolute Gasteiger partial charge is 0.452 e. The molecule has 0 atom stereocenters. The summed E-state index contributed by atoms with van der Waals surface area (Å²) in [6.45, 7) is 4.96. The number of aromatic nitrogens is 2. The van der Waals surface area contributed by atoms with Crippen LogP contribution in [0.25, 0.3) is 10.7 Å². The first-order chi connectivity index (χ1) is 12.0. The monoisotopic (exact) mass is 377 g/mol. The van der Waals surface area contributed by atoms with Crippen LogP contribution in [0.15, 0.2) is 22.0 Å². The predicted molar refractivity (Wildman–Crippen MR) is 94.8 cm³/mol. The predicted octanol–water partition coefficient (Wildman–Crippen LogP) is 3.79. The summed E-state index contributed by atoms with van der Waals surface area (Å²) < 4.78 is 10.4. The van der Waals surface area contributed by atoms with Gasteiger partial charge in [-0.2, -0.15) is 4.98 Å². The number of hydrogen-bond acceptors (Lipinski definition) is 8. The van der Waals surface area contributed by atoms with Gasteiger partial charge < -0.3 is 14.6 Å². The van der Waals surface area contributed by atoms with Crippen molar-refractivity contribution in [1.29, 1.82) is 0 Å². The molecule has 3 aromatic rings. The van der Waals surface area contributed by atoms with E-state index in [0.717, 1.165) is 15.3 Å². The van der Waals surface area contributed by atoms with E-state index in [1.54, 1.807) is 0 Å². The average molecular weight is 377 g/mol. The molecule has 0 fully saturated rings. The van der Waals surface area contributed by atoms with Crippen molar-refractivity contribution in [3.8, 4) is 10.7 Å². The first-order valence-corrected chi connectivity index (χ1v) is 9.06. The van der Waals surface area contributed by atoms with Gasteiger partial charge in [0.15, 0.2) is 6.61 Å². The molecule has 3 rings (SSSR count). The highest BCUT2D eigenvalue weighted by molar-refractivity contribution is 7.16. The van der Waals surface area contributed by atoms with Crippen LogP contribution in [0.2, 0.25) is 0 Å². The van der Waals surface area contributed by atoms with Gasteiger partial charge in [0.05, 0.1) is 10.4 Å². The van der Waals surface area contributed by atoms with Gasteiger partial charge in [-0.05, 0) is 30.9 Å². The molecule has 3 aromatic heterocycles. The molecule has 0 saturated heterocycles. The number of aryl methyl sites for hydroxylation is 1. The van der Waals surface area contributed by atoms with Gasteiger partial charge in [-0.3, -0.25) is 4.79 Å². The molecular formula is C16H15N3O4S2. The number of thiophene rings is 2. The molecule has 0 aliphatic heterocycles. The number of esters is 1. The Balaban J connectivity index is 1.72. The number of carbonyl (C=O) groups is 2. The van der Waals surface area contributed by atoms with Gasteiger partial charge in [0.1, 0.15) is 5.00 Å². The fourth-order valence-corrected chi connectivity index (χ4v) is 3.88. The molecule has 0 spiro atoms. The number of hydrogen-bond donors (Lipinski definition) is 1. The lowest BCUT2D eigenvalue weighted by Crippen LogP contribution is -2.12. The molecule has 0 aromatic carbocycles. The summed E-state index contributed by atoms with van der Waals surface area (Å²) in [4.78, 5) is 29.8. The maximum atomic E-state index is 12.4. The number of amides is 1. The molecule has 1 amide bonds. The van der Waals surface area contributed by atoms with Crippen LogP contribution in [0, 0.1) is 13.8 Å². The lowest BCUT2D eigenvalue weighted by molar-refractivity contribution is -0.114. The summed E-state index contributed by atoms with van der Waals surface area (Å²) in [6, 6.07) is 3.77. The molecule has 0 radical (unpaired) electrons. The lowest BCUT2D eigenvalue weighted by Gasteiger charge is -2.05. The van der Waals surface area contributed by atoms with Gasteiger partial charge in [0, 0.05) is 11.8 Å². The van der Waals surface area contributed by atoms with Gasteiger partial charge in [0.2, 0.25) is 11.7 Å². The summed E-state index contributed by atoms with van der Waals surface area (Å²) in [5.41, 5.74) is 1.14. The summed E-state index contributed by atoms with van der Waals surface area (Å²) in [5, 5.41) is 8.93. The SMILES string of the molecule is CC(=O)Nc1sc(C)c(C)c1C(=O)OCc1nc(-c2cccs2)no1. The molecule has 1 N–H and O–H groups in total. The Morgan fingerprint density at radius 1 is 1.36 bits per heavy atom. The molecule has 130 valence electrons. The van der Waals surface area contributed by atoms with Gasteiger partial charge in [-0.1, -0.05) is 11.2 Å². The topological polar surface area (TPSA) is 94.3 Å². The summed E-state index contributed by atoms with van der Waals surface area (Å²) in [7, 11) is 0. The molecule has 3 heterocycles. The Hall–Kier alpha value is -2.52. The molecular weight excluding hydrogens is 362 g/mol. The van der Waals surface area contributed by atoms with Crippen LogP contribution in [0.3, 0.4) is 0 Å². The van der Waals surface area contributed by atoms with Crippen LogP contribution >= 0.6 is 22.7 Å². The molecule has 0 saturated carbocycles. The first-order valence-electron chi connectivity index (χ1n) is 7.37. The second-order valence-electron chi connectivity index (χ2n) is 5.23. The molecule has 0 aliphatic rings. The smallest absolute Gasteiger partial charge is 0.341 e. The van der Waals surface area contributed by atoms with Gasteiger partial charge >= 0.3 is 5.97 Å². The van der Waals surface area contributed by atoms with Crippen molar-refractivity contribution in [3.63, 3.8) is 0 Å². The van der Waals surface area contributed by atoms with Crippen LogP contribution < -0.4 is 5.32 Å². The highest BCUT2D eigenvalue weighted by Crippen LogP contribution is 2.33. The van der Waals surface area contributed by atoms with E-state index in [1.165, 1.54) is 29.6 Å². The molecule has 7 nitrogen and oxygen atoms in total. The van der Waals surface area contributed by atoms with E-state index in [9.17, 15) is 9.59 Å². The minimum absolute atomic E-state index is 0.134. The Morgan fingerprint density at radius 3 is 2.84 bits per heavy atom. The zero-order valence-corrected chi connectivity index (χ0v) is 15.4. The van der Waals surface area contributed by atoms with E-state index in [-0.39, 0.29) is 18.4 Å². The van der Waals surface area contributed by atoms with Crippen LogP contribution in [-0.2, 0) is 16.1 Å². The van der Waals surface area contributed by atoms with E-state index in [2.05, 4.69) is 15.5 Å². The number of carbonyl (C=O) groups excluding carboxylic acids is 2. The Labute approximate surface area is 151 Å². The Bertz CT molecular complexity index is 912. The second-order valence-corrected chi connectivity index (χ2v) is 7.41. The van der Waals surface area contributed by atoms with Gasteiger partial charge in [-0.25, -0.2) is 4.79 Å². The third-order valence-electron chi connectivity index (χ3n) is 3.42. The minimum Gasteiger partial charge on any atom is -0.452 e. The third kappa shape index (κ3) is 3.77. The maximum Gasteiger partial charge on any atom is 0.341 e. The van der Waals surface area contributed by atoms with E-state index >= 15 is 0 Å². The zero-order valence-electron chi connectivity index (χ0n) is 13.8. The van der Waals surface area contributed by atoms with Crippen molar-refractivity contribution in [3.05, 3.63) is 39.4 Å². The van der Waals surface area contributed by atoms with Crippen LogP contribution in [-0.4, -0.2) is 22.0 Å². The highest BCUT2D eigenvalue weighted by atomic mass is 32.1. The zero-order chi connectivity index (χ0) is 18.0. The summed E-state index contributed by atoms with van der Waals surface area (Å²) in [5.74, 6) is -0.112. The Morgan fingerprint density at radius 2 is 2.16 bits per heavy atom. The fraction of sp³-hybridized carbons (Fsp3) is 0.250. The quantitative estimate of drug-likeness (QED) is 0.680. The normalized spacial score (nSPS) is 10.7. The number of nitrogens with one attached hydrogen (secondary N) is 1. The van der Waals surface area contributed by atoms with Gasteiger partial charge in [-0.15, -0.1) is 22.7 Å². The molecule has 0 unspecified atom stereocenters. The Kier molecular flexibility index (Phi) is 4.95. The van der Waals surface area contributed by atoms with Crippen molar-refractivity contribution < 1.29 is 18.8 Å². The average Bonchev–Trinajstić information content (AvgIpc) is 3.27. The van der Waals surface area contributed by atoms with Crippen molar-refractivity contribution >= 4 is 39.6 Å².